The highest BCUT2D eigenvalue weighted by atomic mass is 16.1. The van der Waals surface area contributed by atoms with Gasteiger partial charge in [0, 0.05) is 43.5 Å². The highest BCUT2D eigenvalue weighted by molar-refractivity contribution is 5.92. The molecule has 8 nitrogen and oxygen atoms in total. The molecule has 2 aromatic heterocycles. The highest BCUT2D eigenvalue weighted by Gasteiger charge is 2.26. The Labute approximate surface area is 170 Å². The minimum Gasteiger partial charge on any atom is -0.372 e. The number of piperidine rings is 1. The lowest BCUT2D eigenvalue weighted by Gasteiger charge is -2.32. The molecule has 1 N–H and O–H groups in total. The summed E-state index contributed by atoms with van der Waals surface area (Å²) in [4.78, 5) is 17.2. The second kappa shape index (κ2) is 8.46. The molecule has 0 radical (unpaired) electrons. The molecule has 0 unspecified atom stereocenters. The van der Waals surface area contributed by atoms with E-state index >= 15 is 0 Å². The van der Waals surface area contributed by atoms with Crippen LogP contribution in [-0.2, 0) is 4.79 Å². The molecule has 0 aliphatic carbocycles. The van der Waals surface area contributed by atoms with E-state index in [1.165, 1.54) is 5.69 Å². The normalized spacial score (nSPS) is 14.9. The summed E-state index contributed by atoms with van der Waals surface area (Å²) in [5.74, 6) is 1.01. The molecule has 3 aromatic rings. The summed E-state index contributed by atoms with van der Waals surface area (Å²) in [6, 6.07) is 12.0. The van der Waals surface area contributed by atoms with Crippen molar-refractivity contribution in [2.45, 2.75) is 26.7 Å². The molecule has 0 spiro atoms. The van der Waals surface area contributed by atoms with Crippen molar-refractivity contribution in [2.75, 3.05) is 41.3 Å². The van der Waals surface area contributed by atoms with Crippen LogP contribution in [0.2, 0.25) is 0 Å². The SMILES string of the molecule is CCN(CC)c1ccc(NC(=O)C2CCN(c3ccc4nncn4n3)CC2)cc1. The van der Waals surface area contributed by atoms with Crippen molar-refractivity contribution in [3.05, 3.63) is 42.7 Å². The average Bonchev–Trinajstić information content (AvgIpc) is 3.24. The predicted octanol–water partition coefficient (Wildman–Crippen LogP) is 2.83. The number of nitrogens with zero attached hydrogens (tertiary/aromatic N) is 6. The van der Waals surface area contributed by atoms with Crippen LogP contribution < -0.4 is 15.1 Å². The van der Waals surface area contributed by atoms with Gasteiger partial charge in [-0.1, -0.05) is 0 Å². The maximum atomic E-state index is 12.7. The van der Waals surface area contributed by atoms with Gasteiger partial charge in [-0.15, -0.1) is 15.3 Å². The zero-order chi connectivity index (χ0) is 20.2. The number of carbonyl (C=O) groups is 1. The van der Waals surface area contributed by atoms with Gasteiger partial charge in [-0.3, -0.25) is 4.79 Å². The Morgan fingerprint density at radius 2 is 1.83 bits per heavy atom. The lowest BCUT2D eigenvalue weighted by molar-refractivity contribution is -0.120. The number of rotatable bonds is 6. The third-order valence-electron chi connectivity index (χ3n) is 5.60. The van der Waals surface area contributed by atoms with Crippen molar-refractivity contribution >= 4 is 28.7 Å². The molecule has 1 amide bonds. The number of nitrogens with one attached hydrogen (secondary N) is 1. The van der Waals surface area contributed by atoms with Gasteiger partial charge in [0.05, 0.1) is 0 Å². The van der Waals surface area contributed by atoms with Crippen molar-refractivity contribution in [2.24, 2.45) is 5.92 Å². The third-order valence-corrected chi connectivity index (χ3v) is 5.60. The molecule has 3 heterocycles. The number of carbonyl (C=O) groups excluding carboxylic acids is 1. The number of aromatic nitrogens is 4. The Balaban J connectivity index is 1.33. The van der Waals surface area contributed by atoms with Crippen molar-refractivity contribution in [3.8, 4) is 0 Å². The maximum absolute atomic E-state index is 12.7. The van der Waals surface area contributed by atoms with Gasteiger partial charge in [0.15, 0.2) is 5.65 Å². The van der Waals surface area contributed by atoms with E-state index < -0.39 is 0 Å². The van der Waals surface area contributed by atoms with Gasteiger partial charge >= 0.3 is 0 Å². The molecule has 1 aromatic carbocycles. The number of amides is 1. The van der Waals surface area contributed by atoms with Gasteiger partial charge < -0.3 is 15.1 Å². The van der Waals surface area contributed by atoms with Gasteiger partial charge in [0.1, 0.15) is 12.1 Å². The summed E-state index contributed by atoms with van der Waals surface area (Å²) in [5, 5.41) is 15.5. The van der Waals surface area contributed by atoms with Gasteiger partial charge in [-0.25, -0.2) is 0 Å². The first-order valence-electron chi connectivity index (χ1n) is 10.3. The first-order valence-corrected chi connectivity index (χ1v) is 10.3. The molecule has 1 aliphatic heterocycles. The summed E-state index contributed by atoms with van der Waals surface area (Å²) in [6.45, 7) is 7.84. The molecule has 0 bridgehead atoms. The van der Waals surface area contributed by atoms with E-state index in [4.69, 9.17) is 0 Å². The topological polar surface area (TPSA) is 78.7 Å². The first-order chi connectivity index (χ1) is 14.2. The second-order valence-corrected chi connectivity index (χ2v) is 7.29. The maximum Gasteiger partial charge on any atom is 0.227 e. The van der Waals surface area contributed by atoms with Crippen LogP contribution in [0.1, 0.15) is 26.7 Å². The Morgan fingerprint density at radius 1 is 1.10 bits per heavy atom. The number of hydrogen-bond donors (Lipinski definition) is 1. The Kier molecular flexibility index (Phi) is 5.59. The van der Waals surface area contributed by atoms with Crippen LogP contribution in [-0.4, -0.2) is 51.9 Å². The second-order valence-electron chi connectivity index (χ2n) is 7.29. The molecule has 152 valence electrons. The smallest absolute Gasteiger partial charge is 0.227 e. The summed E-state index contributed by atoms with van der Waals surface area (Å²) in [5.41, 5.74) is 2.77. The molecule has 4 rings (SSSR count). The average molecular weight is 393 g/mol. The van der Waals surface area contributed by atoms with Crippen LogP contribution in [0.15, 0.2) is 42.7 Å². The fourth-order valence-electron chi connectivity index (χ4n) is 3.85. The summed E-state index contributed by atoms with van der Waals surface area (Å²) >= 11 is 0. The molecule has 1 saturated heterocycles. The van der Waals surface area contributed by atoms with Crippen LogP contribution in [0, 0.1) is 5.92 Å². The lowest BCUT2D eigenvalue weighted by atomic mass is 9.96. The number of benzene rings is 1. The van der Waals surface area contributed by atoms with Crippen molar-refractivity contribution < 1.29 is 4.79 Å². The molecule has 8 heteroatoms. The van der Waals surface area contributed by atoms with Crippen LogP contribution >= 0.6 is 0 Å². The Hall–Kier alpha value is -3.16. The molecule has 0 saturated carbocycles. The monoisotopic (exact) mass is 393 g/mol. The van der Waals surface area contributed by atoms with Gasteiger partial charge in [0.2, 0.25) is 5.91 Å². The Morgan fingerprint density at radius 3 is 2.52 bits per heavy atom. The van der Waals surface area contributed by atoms with Gasteiger partial charge in [0.25, 0.3) is 0 Å². The standard InChI is InChI=1S/C21H27N7O/c1-3-26(4-2)18-7-5-17(6-8-18)23-21(29)16-11-13-27(14-12-16)20-10-9-19-24-22-15-28(19)25-20/h5-10,15-16H,3-4,11-14H2,1-2H3,(H,23,29). The molecule has 29 heavy (non-hydrogen) atoms. The number of anilines is 3. The van der Waals surface area contributed by atoms with E-state index in [-0.39, 0.29) is 11.8 Å². The van der Waals surface area contributed by atoms with Crippen molar-refractivity contribution in [1.29, 1.82) is 0 Å². The number of hydrogen-bond acceptors (Lipinski definition) is 6. The third kappa shape index (κ3) is 4.16. The molecule has 1 aliphatic rings. The van der Waals surface area contributed by atoms with E-state index in [1.54, 1.807) is 10.8 Å². The molecular formula is C21H27N7O. The number of fused-ring (bicyclic) bond motifs is 1. The Bertz CT molecular complexity index is 957. The predicted molar refractivity (Wildman–Crippen MR) is 114 cm³/mol. The summed E-state index contributed by atoms with van der Waals surface area (Å²) in [6.07, 6.45) is 3.22. The first kappa shape index (κ1) is 19.2. The van der Waals surface area contributed by atoms with E-state index in [0.717, 1.165) is 56.2 Å². The molecule has 1 fully saturated rings. The largest absolute Gasteiger partial charge is 0.372 e. The summed E-state index contributed by atoms with van der Waals surface area (Å²) in [7, 11) is 0. The quantitative estimate of drug-likeness (QED) is 0.694. The van der Waals surface area contributed by atoms with Gasteiger partial charge in [-0.2, -0.15) is 4.52 Å². The summed E-state index contributed by atoms with van der Waals surface area (Å²) < 4.78 is 1.68. The lowest BCUT2D eigenvalue weighted by Crippen LogP contribution is -2.38. The van der Waals surface area contributed by atoms with E-state index in [2.05, 4.69) is 56.4 Å². The van der Waals surface area contributed by atoms with Crippen LogP contribution in [0.3, 0.4) is 0 Å². The van der Waals surface area contributed by atoms with Crippen molar-refractivity contribution in [3.63, 3.8) is 0 Å². The van der Waals surface area contributed by atoms with E-state index in [1.807, 2.05) is 24.3 Å². The van der Waals surface area contributed by atoms with Crippen LogP contribution in [0.5, 0.6) is 0 Å². The van der Waals surface area contributed by atoms with E-state index in [9.17, 15) is 4.79 Å². The van der Waals surface area contributed by atoms with Crippen molar-refractivity contribution in [1.82, 2.24) is 19.8 Å². The van der Waals surface area contributed by atoms with E-state index in [0.29, 0.717) is 0 Å². The fourth-order valence-corrected chi connectivity index (χ4v) is 3.85. The molecular weight excluding hydrogens is 366 g/mol. The zero-order valence-electron chi connectivity index (χ0n) is 17.0. The highest BCUT2D eigenvalue weighted by Crippen LogP contribution is 2.24. The minimum absolute atomic E-state index is 0.0207. The van der Waals surface area contributed by atoms with Crippen LogP contribution in [0.4, 0.5) is 17.2 Å². The minimum atomic E-state index is 0.0207. The zero-order valence-corrected chi connectivity index (χ0v) is 17.0. The molecule has 0 atom stereocenters. The van der Waals surface area contributed by atoms with Gasteiger partial charge in [-0.05, 0) is 63.1 Å². The van der Waals surface area contributed by atoms with Crippen LogP contribution in [0.25, 0.3) is 5.65 Å². The fraction of sp³-hybridized carbons (Fsp3) is 0.429.